The summed E-state index contributed by atoms with van der Waals surface area (Å²) in [6.45, 7) is 6.03. The topological polar surface area (TPSA) is 84.5 Å². The number of ether oxygens (including phenoxy) is 1. The summed E-state index contributed by atoms with van der Waals surface area (Å²) in [5, 5.41) is 6.30. The summed E-state index contributed by atoms with van der Waals surface area (Å²) >= 11 is 6.90. The van der Waals surface area contributed by atoms with Gasteiger partial charge in [0.25, 0.3) is 11.8 Å². The molecule has 2 amide bonds. The maximum atomic E-state index is 12.5. The monoisotopic (exact) mass is 408 g/mol. The minimum atomic E-state index is -0.577. The number of thiophene rings is 1. The van der Waals surface area contributed by atoms with Crippen LogP contribution in [0.5, 0.6) is 0 Å². The molecule has 0 bridgehead atoms. The van der Waals surface area contributed by atoms with Crippen LogP contribution in [0.3, 0.4) is 0 Å². The van der Waals surface area contributed by atoms with Crippen LogP contribution in [0, 0.1) is 6.92 Å². The molecule has 0 radical (unpaired) electrons. The fourth-order valence-corrected chi connectivity index (χ4v) is 3.59. The molecule has 1 heterocycles. The van der Waals surface area contributed by atoms with Crippen molar-refractivity contribution in [2.75, 3.05) is 18.5 Å². The van der Waals surface area contributed by atoms with Crippen molar-refractivity contribution in [2.45, 2.75) is 27.2 Å². The van der Waals surface area contributed by atoms with Crippen molar-refractivity contribution in [1.82, 2.24) is 5.32 Å². The zero-order chi connectivity index (χ0) is 20.0. The SMILES string of the molecule is CCCNC(=O)c1sc(NC(=O)c2ccc(Cl)cc2)c(C(=O)OCC)c1C. The highest BCUT2D eigenvalue weighted by Gasteiger charge is 2.26. The van der Waals surface area contributed by atoms with Crippen LogP contribution in [0.2, 0.25) is 5.02 Å². The van der Waals surface area contributed by atoms with E-state index < -0.39 is 11.9 Å². The largest absolute Gasteiger partial charge is 0.462 e. The second kappa shape index (κ2) is 9.53. The van der Waals surface area contributed by atoms with E-state index in [1.54, 1.807) is 38.1 Å². The van der Waals surface area contributed by atoms with Gasteiger partial charge in [0, 0.05) is 17.1 Å². The van der Waals surface area contributed by atoms with E-state index in [1.165, 1.54) is 0 Å². The number of hydrogen-bond acceptors (Lipinski definition) is 5. The molecule has 1 aromatic carbocycles. The van der Waals surface area contributed by atoms with Gasteiger partial charge in [0.2, 0.25) is 0 Å². The van der Waals surface area contributed by atoms with Gasteiger partial charge < -0.3 is 15.4 Å². The van der Waals surface area contributed by atoms with E-state index in [4.69, 9.17) is 16.3 Å². The smallest absolute Gasteiger partial charge is 0.341 e. The van der Waals surface area contributed by atoms with E-state index >= 15 is 0 Å². The quantitative estimate of drug-likeness (QED) is 0.669. The molecule has 0 fully saturated rings. The molecule has 0 aliphatic rings. The molecule has 2 rings (SSSR count). The van der Waals surface area contributed by atoms with E-state index in [0.29, 0.717) is 27.6 Å². The summed E-state index contributed by atoms with van der Waals surface area (Å²) < 4.78 is 5.09. The Labute approximate surface area is 166 Å². The molecule has 0 aliphatic heterocycles. The Morgan fingerprint density at radius 2 is 1.78 bits per heavy atom. The molecule has 2 N–H and O–H groups in total. The first-order valence-corrected chi connectivity index (χ1v) is 9.74. The molecule has 0 aliphatic carbocycles. The Bertz CT molecular complexity index is 846. The van der Waals surface area contributed by atoms with Crippen LogP contribution in [0.4, 0.5) is 5.00 Å². The number of halogens is 1. The molecule has 144 valence electrons. The first kappa shape index (κ1) is 20.9. The minimum absolute atomic E-state index is 0.191. The average Bonchev–Trinajstić information content (AvgIpc) is 2.96. The summed E-state index contributed by atoms with van der Waals surface area (Å²) in [5.74, 6) is -1.26. The lowest BCUT2D eigenvalue weighted by atomic mass is 10.1. The summed E-state index contributed by atoms with van der Waals surface area (Å²) in [4.78, 5) is 37.7. The lowest BCUT2D eigenvalue weighted by Crippen LogP contribution is -2.23. The third-order valence-corrected chi connectivity index (χ3v) is 5.16. The zero-order valence-electron chi connectivity index (χ0n) is 15.3. The Balaban J connectivity index is 2.37. The second-order valence-electron chi connectivity index (χ2n) is 5.70. The van der Waals surface area contributed by atoms with Gasteiger partial charge in [-0.05, 0) is 50.1 Å². The van der Waals surface area contributed by atoms with Gasteiger partial charge >= 0.3 is 5.97 Å². The van der Waals surface area contributed by atoms with Gasteiger partial charge in [0.15, 0.2) is 0 Å². The van der Waals surface area contributed by atoms with E-state index in [1.807, 2.05) is 6.92 Å². The molecule has 0 spiro atoms. The standard InChI is InChI=1S/C19H21ClN2O4S/c1-4-10-21-17(24)15-11(3)14(19(25)26-5-2)18(27-15)22-16(23)12-6-8-13(20)9-7-12/h6-9H,4-5,10H2,1-3H3,(H,21,24)(H,22,23). The van der Waals surface area contributed by atoms with E-state index in [9.17, 15) is 14.4 Å². The van der Waals surface area contributed by atoms with Gasteiger partial charge in [-0.1, -0.05) is 18.5 Å². The lowest BCUT2D eigenvalue weighted by molar-refractivity contribution is 0.0527. The number of amides is 2. The van der Waals surface area contributed by atoms with Crippen molar-refractivity contribution in [3.63, 3.8) is 0 Å². The van der Waals surface area contributed by atoms with Crippen molar-refractivity contribution >= 4 is 45.7 Å². The van der Waals surface area contributed by atoms with Gasteiger partial charge in [-0.3, -0.25) is 9.59 Å². The maximum absolute atomic E-state index is 12.5. The zero-order valence-corrected chi connectivity index (χ0v) is 16.9. The summed E-state index contributed by atoms with van der Waals surface area (Å²) in [6.07, 6.45) is 0.793. The van der Waals surface area contributed by atoms with Crippen LogP contribution in [0.1, 0.15) is 56.2 Å². The number of anilines is 1. The van der Waals surface area contributed by atoms with E-state index in [-0.39, 0.29) is 23.1 Å². The van der Waals surface area contributed by atoms with Crippen LogP contribution in [-0.2, 0) is 4.74 Å². The highest BCUT2D eigenvalue weighted by atomic mass is 35.5. The average molecular weight is 409 g/mol. The normalized spacial score (nSPS) is 10.4. The molecular formula is C19H21ClN2O4S. The molecule has 8 heteroatoms. The predicted molar refractivity (Wildman–Crippen MR) is 107 cm³/mol. The van der Waals surface area contributed by atoms with Crippen molar-refractivity contribution in [1.29, 1.82) is 0 Å². The van der Waals surface area contributed by atoms with Crippen LogP contribution >= 0.6 is 22.9 Å². The van der Waals surface area contributed by atoms with Crippen molar-refractivity contribution in [3.8, 4) is 0 Å². The highest BCUT2D eigenvalue weighted by Crippen LogP contribution is 2.34. The van der Waals surface area contributed by atoms with Crippen LogP contribution in [0.25, 0.3) is 0 Å². The van der Waals surface area contributed by atoms with E-state index in [2.05, 4.69) is 10.6 Å². The molecule has 27 heavy (non-hydrogen) atoms. The third-order valence-electron chi connectivity index (χ3n) is 3.70. The first-order chi connectivity index (χ1) is 12.9. The lowest BCUT2D eigenvalue weighted by Gasteiger charge is -2.07. The minimum Gasteiger partial charge on any atom is -0.462 e. The Morgan fingerprint density at radius 3 is 2.37 bits per heavy atom. The summed E-state index contributed by atoms with van der Waals surface area (Å²) in [7, 11) is 0. The number of nitrogens with one attached hydrogen (secondary N) is 2. The van der Waals surface area contributed by atoms with Gasteiger partial charge in [0.05, 0.1) is 17.0 Å². The van der Waals surface area contributed by atoms with E-state index in [0.717, 1.165) is 17.8 Å². The molecule has 0 saturated carbocycles. The second-order valence-corrected chi connectivity index (χ2v) is 7.15. The molecular weight excluding hydrogens is 388 g/mol. The number of carbonyl (C=O) groups is 3. The van der Waals surface area contributed by atoms with Gasteiger partial charge in [-0.2, -0.15) is 0 Å². The number of rotatable bonds is 7. The number of carbonyl (C=O) groups excluding carboxylic acids is 3. The Hall–Kier alpha value is -2.38. The van der Waals surface area contributed by atoms with Crippen LogP contribution < -0.4 is 10.6 Å². The summed E-state index contributed by atoms with van der Waals surface area (Å²) in [5.41, 5.74) is 1.07. The van der Waals surface area contributed by atoms with Crippen molar-refractivity contribution in [3.05, 3.63) is 50.9 Å². The first-order valence-electron chi connectivity index (χ1n) is 8.54. The molecule has 1 aromatic heterocycles. The molecule has 2 aromatic rings. The molecule has 6 nitrogen and oxygen atoms in total. The van der Waals surface area contributed by atoms with Crippen molar-refractivity contribution in [2.24, 2.45) is 0 Å². The maximum Gasteiger partial charge on any atom is 0.341 e. The number of esters is 1. The number of benzene rings is 1. The fourth-order valence-electron chi connectivity index (χ4n) is 2.36. The molecule has 0 unspecified atom stereocenters. The Morgan fingerprint density at radius 1 is 1.11 bits per heavy atom. The van der Waals surface area contributed by atoms with Gasteiger partial charge in [-0.15, -0.1) is 11.3 Å². The molecule has 0 saturated heterocycles. The predicted octanol–water partition coefficient (Wildman–Crippen LogP) is 4.28. The highest BCUT2D eigenvalue weighted by molar-refractivity contribution is 7.18. The van der Waals surface area contributed by atoms with Gasteiger partial charge in [0.1, 0.15) is 5.00 Å². The van der Waals surface area contributed by atoms with Crippen LogP contribution in [-0.4, -0.2) is 30.9 Å². The number of hydrogen-bond donors (Lipinski definition) is 2. The fraction of sp³-hybridized carbons (Fsp3) is 0.316. The van der Waals surface area contributed by atoms with Crippen molar-refractivity contribution < 1.29 is 19.1 Å². The third kappa shape index (κ3) is 5.08. The molecule has 0 atom stereocenters. The summed E-state index contributed by atoms with van der Waals surface area (Å²) in [6, 6.07) is 6.37. The van der Waals surface area contributed by atoms with Gasteiger partial charge in [-0.25, -0.2) is 4.79 Å². The van der Waals surface area contributed by atoms with Crippen LogP contribution in [0.15, 0.2) is 24.3 Å². The Kier molecular flexibility index (Phi) is 7.38.